The Morgan fingerprint density at radius 3 is 2.94 bits per heavy atom. The van der Waals surface area contributed by atoms with Gasteiger partial charge in [-0.1, -0.05) is 0 Å². The van der Waals surface area contributed by atoms with Gasteiger partial charge in [-0.05, 0) is 30.7 Å². The van der Waals surface area contributed by atoms with Crippen molar-refractivity contribution in [2.45, 2.75) is 6.92 Å². The lowest BCUT2D eigenvalue weighted by molar-refractivity contribution is -0.122. The zero-order valence-electron chi connectivity index (χ0n) is 9.69. The first-order chi connectivity index (χ1) is 8.13. The van der Waals surface area contributed by atoms with Gasteiger partial charge in [0.25, 0.3) is 0 Å². The van der Waals surface area contributed by atoms with E-state index in [0.717, 1.165) is 11.3 Å². The number of nitrogens with two attached hydrogens (primary N) is 1. The Balaban J connectivity index is 2.35. The number of nitriles is 1. The molecule has 1 rings (SSSR count). The van der Waals surface area contributed by atoms with E-state index in [2.05, 4.69) is 11.4 Å². The van der Waals surface area contributed by atoms with Crippen LogP contribution in [0.5, 0.6) is 0 Å². The summed E-state index contributed by atoms with van der Waals surface area (Å²) in [6.45, 7) is 2.81. The molecule has 5 nitrogen and oxygen atoms in total. The number of amides is 1. The van der Waals surface area contributed by atoms with Crippen LogP contribution in [0.25, 0.3) is 0 Å². The molecule has 0 aliphatic rings. The minimum Gasteiger partial charge on any atom is -0.383 e. The van der Waals surface area contributed by atoms with Crippen LogP contribution in [0.2, 0.25) is 0 Å². The lowest BCUT2D eigenvalue weighted by Crippen LogP contribution is -2.20. The minimum absolute atomic E-state index is 0.0614. The molecule has 0 unspecified atom stereocenters. The molecule has 0 radical (unpaired) electrons. The summed E-state index contributed by atoms with van der Waals surface area (Å²) in [6.07, 6.45) is 0. The van der Waals surface area contributed by atoms with Crippen LogP contribution in [0, 0.1) is 18.3 Å². The Labute approximate surface area is 100 Å². The van der Waals surface area contributed by atoms with Crippen molar-refractivity contribution in [2.24, 2.45) is 5.73 Å². The third-order valence-corrected chi connectivity index (χ3v) is 2.17. The molecule has 0 fully saturated rings. The summed E-state index contributed by atoms with van der Waals surface area (Å²) >= 11 is 0. The van der Waals surface area contributed by atoms with Crippen molar-refractivity contribution in [1.82, 2.24) is 0 Å². The molecule has 1 aromatic rings. The standard InChI is InChI=1S/C12H15N3O2/c1-9-6-11(3-2-10(9)7-13)15-4-5-17-8-12(14)16/h2-3,6,15H,4-5,8H2,1H3,(H2,14,16). The van der Waals surface area contributed by atoms with E-state index in [1.165, 1.54) is 0 Å². The van der Waals surface area contributed by atoms with Crippen molar-refractivity contribution in [3.05, 3.63) is 29.3 Å². The Kier molecular flexibility index (Phi) is 4.98. The van der Waals surface area contributed by atoms with Gasteiger partial charge < -0.3 is 15.8 Å². The molecule has 0 aromatic heterocycles. The lowest BCUT2D eigenvalue weighted by atomic mass is 10.1. The zero-order chi connectivity index (χ0) is 12.7. The number of benzene rings is 1. The summed E-state index contributed by atoms with van der Waals surface area (Å²) in [5, 5.41) is 11.9. The van der Waals surface area contributed by atoms with Gasteiger partial charge in [-0.15, -0.1) is 0 Å². The molecule has 1 aromatic carbocycles. The van der Waals surface area contributed by atoms with Crippen LogP contribution in [-0.2, 0) is 9.53 Å². The number of rotatable bonds is 6. The largest absolute Gasteiger partial charge is 0.383 e. The molecular weight excluding hydrogens is 218 g/mol. The highest BCUT2D eigenvalue weighted by Crippen LogP contribution is 2.13. The fraction of sp³-hybridized carbons (Fsp3) is 0.333. The van der Waals surface area contributed by atoms with E-state index in [4.69, 9.17) is 15.7 Å². The summed E-state index contributed by atoms with van der Waals surface area (Å²) in [6, 6.07) is 7.60. The topological polar surface area (TPSA) is 88.1 Å². The number of hydrogen-bond donors (Lipinski definition) is 2. The Morgan fingerprint density at radius 2 is 2.35 bits per heavy atom. The van der Waals surface area contributed by atoms with Crippen molar-refractivity contribution >= 4 is 11.6 Å². The third-order valence-electron chi connectivity index (χ3n) is 2.17. The Morgan fingerprint density at radius 1 is 1.59 bits per heavy atom. The van der Waals surface area contributed by atoms with Crippen molar-refractivity contribution in [1.29, 1.82) is 5.26 Å². The second-order valence-corrected chi connectivity index (χ2v) is 3.59. The third kappa shape index (κ3) is 4.53. The molecule has 0 atom stereocenters. The maximum Gasteiger partial charge on any atom is 0.243 e. The summed E-state index contributed by atoms with van der Waals surface area (Å²) < 4.78 is 5.00. The summed E-state index contributed by atoms with van der Waals surface area (Å²) in [7, 11) is 0. The van der Waals surface area contributed by atoms with Gasteiger partial charge in [-0.3, -0.25) is 4.79 Å². The number of carbonyl (C=O) groups excluding carboxylic acids is 1. The van der Waals surface area contributed by atoms with Gasteiger partial charge >= 0.3 is 0 Å². The predicted octanol–water partition coefficient (Wildman–Crippen LogP) is 0.780. The fourth-order valence-corrected chi connectivity index (χ4v) is 1.34. The maximum atomic E-state index is 10.4. The van der Waals surface area contributed by atoms with Gasteiger partial charge in [0.2, 0.25) is 5.91 Å². The summed E-state index contributed by atoms with van der Waals surface area (Å²) in [5.74, 6) is -0.473. The van der Waals surface area contributed by atoms with E-state index in [9.17, 15) is 4.79 Å². The summed E-state index contributed by atoms with van der Waals surface area (Å²) in [5.41, 5.74) is 7.44. The molecule has 0 saturated carbocycles. The van der Waals surface area contributed by atoms with Crippen LogP contribution in [-0.4, -0.2) is 25.7 Å². The molecule has 0 spiro atoms. The molecule has 0 saturated heterocycles. The number of nitrogens with zero attached hydrogens (tertiary/aromatic N) is 1. The van der Waals surface area contributed by atoms with Gasteiger partial charge in [-0.25, -0.2) is 0 Å². The highest BCUT2D eigenvalue weighted by Gasteiger charge is 1.99. The normalized spacial score (nSPS) is 9.65. The predicted molar refractivity (Wildman–Crippen MR) is 64.4 cm³/mol. The number of hydrogen-bond acceptors (Lipinski definition) is 4. The molecule has 1 amide bonds. The quantitative estimate of drug-likeness (QED) is 0.711. The Hall–Kier alpha value is -2.06. The van der Waals surface area contributed by atoms with E-state index in [0.29, 0.717) is 18.7 Å². The monoisotopic (exact) mass is 233 g/mol. The first-order valence-electron chi connectivity index (χ1n) is 5.24. The lowest BCUT2D eigenvalue weighted by Gasteiger charge is -2.07. The minimum atomic E-state index is -0.473. The molecule has 0 aliphatic carbocycles. The molecule has 3 N–H and O–H groups in total. The van der Waals surface area contributed by atoms with Crippen LogP contribution in [0.1, 0.15) is 11.1 Å². The van der Waals surface area contributed by atoms with E-state index in [-0.39, 0.29) is 6.61 Å². The molecule has 5 heteroatoms. The molecule has 0 heterocycles. The maximum absolute atomic E-state index is 10.4. The zero-order valence-corrected chi connectivity index (χ0v) is 9.69. The smallest absolute Gasteiger partial charge is 0.243 e. The number of carbonyl (C=O) groups is 1. The van der Waals surface area contributed by atoms with Crippen molar-refractivity contribution in [3.63, 3.8) is 0 Å². The van der Waals surface area contributed by atoms with E-state index in [1.54, 1.807) is 6.07 Å². The van der Waals surface area contributed by atoms with Crippen LogP contribution >= 0.6 is 0 Å². The van der Waals surface area contributed by atoms with Crippen LogP contribution in [0.4, 0.5) is 5.69 Å². The number of aryl methyl sites for hydroxylation is 1. The van der Waals surface area contributed by atoms with Crippen molar-refractivity contribution < 1.29 is 9.53 Å². The molecule has 17 heavy (non-hydrogen) atoms. The first kappa shape index (κ1) is 13.0. The van der Waals surface area contributed by atoms with E-state index in [1.807, 2.05) is 19.1 Å². The number of anilines is 1. The van der Waals surface area contributed by atoms with Crippen molar-refractivity contribution in [3.8, 4) is 6.07 Å². The Bertz CT molecular complexity index is 438. The fourth-order valence-electron chi connectivity index (χ4n) is 1.34. The second-order valence-electron chi connectivity index (χ2n) is 3.59. The highest BCUT2D eigenvalue weighted by atomic mass is 16.5. The van der Waals surface area contributed by atoms with Gasteiger partial charge in [0.1, 0.15) is 6.61 Å². The van der Waals surface area contributed by atoms with Gasteiger partial charge in [-0.2, -0.15) is 5.26 Å². The number of primary amides is 1. The van der Waals surface area contributed by atoms with Gasteiger partial charge in [0.05, 0.1) is 18.2 Å². The van der Waals surface area contributed by atoms with E-state index < -0.39 is 5.91 Å². The van der Waals surface area contributed by atoms with Crippen LogP contribution in [0.15, 0.2) is 18.2 Å². The molecular formula is C12H15N3O2. The first-order valence-corrected chi connectivity index (χ1v) is 5.24. The average molecular weight is 233 g/mol. The molecule has 90 valence electrons. The van der Waals surface area contributed by atoms with Crippen molar-refractivity contribution in [2.75, 3.05) is 25.1 Å². The SMILES string of the molecule is Cc1cc(NCCOCC(N)=O)ccc1C#N. The average Bonchev–Trinajstić information content (AvgIpc) is 2.28. The highest BCUT2D eigenvalue weighted by molar-refractivity contribution is 5.74. The van der Waals surface area contributed by atoms with Crippen LogP contribution < -0.4 is 11.1 Å². The summed E-state index contributed by atoms with van der Waals surface area (Å²) in [4.78, 5) is 10.4. The second kappa shape index (κ2) is 6.51. The number of nitrogens with one attached hydrogen (secondary N) is 1. The molecule has 0 aliphatic heterocycles. The van der Waals surface area contributed by atoms with E-state index >= 15 is 0 Å². The van der Waals surface area contributed by atoms with Gasteiger partial charge in [0, 0.05) is 12.2 Å². The molecule has 0 bridgehead atoms. The van der Waals surface area contributed by atoms with Crippen LogP contribution in [0.3, 0.4) is 0 Å². The number of ether oxygens (including phenoxy) is 1. The van der Waals surface area contributed by atoms with Gasteiger partial charge in [0.15, 0.2) is 0 Å².